The van der Waals surface area contributed by atoms with Crippen molar-refractivity contribution in [1.82, 2.24) is 0 Å². The lowest BCUT2D eigenvalue weighted by molar-refractivity contribution is 0.102. The minimum Gasteiger partial charge on any atom is -0.497 e. The van der Waals surface area contributed by atoms with Gasteiger partial charge in [-0.15, -0.1) is 0 Å². The number of ether oxygens (including phenoxy) is 1. The van der Waals surface area contributed by atoms with E-state index in [0.29, 0.717) is 17.8 Å². The van der Waals surface area contributed by atoms with Crippen LogP contribution in [-0.4, -0.2) is 19.6 Å². The highest BCUT2D eigenvalue weighted by Crippen LogP contribution is 2.16. The highest BCUT2D eigenvalue weighted by Gasteiger charge is 2.06. The normalized spacial score (nSPS) is 9.43. The number of nitrogens with one attached hydrogen (secondary N) is 1. The van der Waals surface area contributed by atoms with Gasteiger partial charge in [-0.2, -0.15) is 0 Å². The summed E-state index contributed by atoms with van der Waals surface area (Å²) in [7, 11) is 1.60. The Kier molecular flexibility index (Phi) is 4.97. The van der Waals surface area contributed by atoms with E-state index in [1.165, 1.54) is 0 Å². The number of benzene rings is 2. The average Bonchev–Trinajstić information content (AvgIpc) is 2.54. The van der Waals surface area contributed by atoms with Gasteiger partial charge in [0.1, 0.15) is 5.75 Å². The molecule has 0 aliphatic carbocycles. The molecule has 3 N–H and O–H groups in total. The average molecular weight is 280 g/mol. The van der Waals surface area contributed by atoms with Gasteiger partial charge in [-0.3, -0.25) is 4.79 Å². The van der Waals surface area contributed by atoms with Crippen molar-refractivity contribution in [2.45, 2.75) is 0 Å². The van der Waals surface area contributed by atoms with Gasteiger partial charge in [0.05, 0.1) is 13.7 Å². The van der Waals surface area contributed by atoms with Crippen LogP contribution in [0.4, 0.5) is 5.69 Å². The van der Waals surface area contributed by atoms with Crippen LogP contribution in [0, 0.1) is 11.8 Å². The van der Waals surface area contributed by atoms with Crippen LogP contribution < -0.4 is 15.8 Å². The summed E-state index contributed by atoms with van der Waals surface area (Å²) in [5.74, 6) is 6.23. The molecule has 0 bridgehead atoms. The molecule has 21 heavy (non-hydrogen) atoms. The van der Waals surface area contributed by atoms with Crippen LogP contribution in [-0.2, 0) is 0 Å². The lowest BCUT2D eigenvalue weighted by Gasteiger charge is -2.06. The Morgan fingerprint density at radius 1 is 1.24 bits per heavy atom. The third-order valence-corrected chi connectivity index (χ3v) is 2.81. The SMILES string of the molecule is COc1ccc(NC(=O)c2cccc(C#CCN)c2)cc1. The Labute approximate surface area is 123 Å². The Morgan fingerprint density at radius 3 is 2.67 bits per heavy atom. The first-order chi connectivity index (χ1) is 10.2. The van der Waals surface area contributed by atoms with Gasteiger partial charge in [-0.1, -0.05) is 17.9 Å². The first kappa shape index (κ1) is 14.6. The molecule has 0 atom stereocenters. The minimum atomic E-state index is -0.184. The third-order valence-electron chi connectivity index (χ3n) is 2.81. The maximum absolute atomic E-state index is 12.2. The van der Waals surface area contributed by atoms with E-state index in [0.717, 1.165) is 11.3 Å². The summed E-state index contributed by atoms with van der Waals surface area (Å²) in [5, 5.41) is 2.83. The van der Waals surface area contributed by atoms with Crippen molar-refractivity contribution in [2.75, 3.05) is 19.0 Å². The fourth-order valence-corrected chi connectivity index (χ4v) is 1.77. The van der Waals surface area contributed by atoms with E-state index in [9.17, 15) is 4.79 Å². The molecule has 0 radical (unpaired) electrons. The molecule has 0 saturated heterocycles. The number of carbonyl (C=O) groups is 1. The molecule has 2 rings (SSSR count). The molecule has 4 heteroatoms. The maximum atomic E-state index is 12.2. The lowest BCUT2D eigenvalue weighted by atomic mass is 10.1. The van der Waals surface area contributed by atoms with Gasteiger partial charge in [-0.25, -0.2) is 0 Å². The van der Waals surface area contributed by atoms with Crippen LogP contribution in [0.25, 0.3) is 0 Å². The quantitative estimate of drug-likeness (QED) is 0.848. The van der Waals surface area contributed by atoms with E-state index >= 15 is 0 Å². The summed E-state index contributed by atoms with van der Waals surface area (Å²) in [6, 6.07) is 14.3. The zero-order chi connectivity index (χ0) is 15.1. The first-order valence-corrected chi connectivity index (χ1v) is 6.47. The standard InChI is InChI=1S/C17H16N2O2/c1-21-16-9-7-15(8-10-16)19-17(20)14-6-2-4-13(12-14)5-3-11-18/h2,4,6-10,12H,11,18H2,1H3,(H,19,20). The molecule has 0 fully saturated rings. The largest absolute Gasteiger partial charge is 0.497 e. The summed E-state index contributed by atoms with van der Waals surface area (Å²) in [6.07, 6.45) is 0. The molecule has 106 valence electrons. The van der Waals surface area contributed by atoms with Crippen molar-refractivity contribution in [3.8, 4) is 17.6 Å². The number of anilines is 1. The lowest BCUT2D eigenvalue weighted by Crippen LogP contribution is -2.11. The number of methoxy groups -OCH3 is 1. The Morgan fingerprint density at radius 2 is 2.00 bits per heavy atom. The summed E-state index contributed by atoms with van der Waals surface area (Å²) >= 11 is 0. The molecule has 4 nitrogen and oxygen atoms in total. The topological polar surface area (TPSA) is 64.3 Å². The van der Waals surface area contributed by atoms with E-state index in [1.54, 1.807) is 49.6 Å². The van der Waals surface area contributed by atoms with E-state index in [-0.39, 0.29) is 5.91 Å². The van der Waals surface area contributed by atoms with Crippen molar-refractivity contribution in [3.05, 3.63) is 59.7 Å². The zero-order valence-corrected chi connectivity index (χ0v) is 11.7. The fraction of sp³-hybridized carbons (Fsp3) is 0.118. The second-order valence-corrected chi connectivity index (χ2v) is 4.27. The second kappa shape index (κ2) is 7.13. The monoisotopic (exact) mass is 280 g/mol. The van der Waals surface area contributed by atoms with Gasteiger partial charge in [0.25, 0.3) is 5.91 Å². The summed E-state index contributed by atoms with van der Waals surface area (Å²) in [6.45, 7) is 0.294. The molecule has 1 amide bonds. The molecule has 2 aromatic rings. The number of hydrogen-bond donors (Lipinski definition) is 2. The van der Waals surface area contributed by atoms with E-state index < -0.39 is 0 Å². The summed E-state index contributed by atoms with van der Waals surface area (Å²) in [5.41, 5.74) is 7.36. The van der Waals surface area contributed by atoms with E-state index in [4.69, 9.17) is 10.5 Å². The molecule has 0 aromatic heterocycles. The molecule has 0 unspecified atom stereocenters. The Balaban J connectivity index is 2.12. The predicted octanol–water partition coefficient (Wildman–Crippen LogP) is 2.26. The molecule has 0 heterocycles. The molecule has 2 aromatic carbocycles. The van der Waals surface area contributed by atoms with Crippen LogP contribution in [0.2, 0.25) is 0 Å². The molecule has 0 aliphatic rings. The van der Waals surface area contributed by atoms with Gasteiger partial charge in [0.2, 0.25) is 0 Å². The summed E-state index contributed by atoms with van der Waals surface area (Å²) < 4.78 is 5.07. The van der Waals surface area contributed by atoms with Crippen molar-refractivity contribution >= 4 is 11.6 Å². The molecule has 0 aliphatic heterocycles. The van der Waals surface area contributed by atoms with Gasteiger partial charge >= 0.3 is 0 Å². The predicted molar refractivity (Wildman–Crippen MR) is 83.3 cm³/mol. The number of hydrogen-bond acceptors (Lipinski definition) is 3. The van der Waals surface area contributed by atoms with Gasteiger partial charge in [0.15, 0.2) is 0 Å². The number of carbonyl (C=O) groups excluding carboxylic acids is 1. The van der Waals surface area contributed by atoms with Crippen LogP contribution in [0.1, 0.15) is 15.9 Å². The van der Waals surface area contributed by atoms with E-state index in [2.05, 4.69) is 17.2 Å². The second-order valence-electron chi connectivity index (χ2n) is 4.27. The Bertz CT molecular complexity index is 682. The highest BCUT2D eigenvalue weighted by molar-refractivity contribution is 6.04. The highest BCUT2D eigenvalue weighted by atomic mass is 16.5. The maximum Gasteiger partial charge on any atom is 0.255 e. The van der Waals surface area contributed by atoms with Crippen LogP contribution >= 0.6 is 0 Å². The van der Waals surface area contributed by atoms with Gasteiger partial charge < -0.3 is 15.8 Å². The molecule has 0 saturated carbocycles. The smallest absolute Gasteiger partial charge is 0.255 e. The zero-order valence-electron chi connectivity index (χ0n) is 11.7. The van der Waals surface area contributed by atoms with Gasteiger partial charge in [-0.05, 0) is 42.5 Å². The number of nitrogens with two attached hydrogens (primary N) is 1. The fourth-order valence-electron chi connectivity index (χ4n) is 1.77. The summed E-state index contributed by atoms with van der Waals surface area (Å²) in [4.78, 5) is 12.2. The van der Waals surface area contributed by atoms with Crippen molar-refractivity contribution in [2.24, 2.45) is 5.73 Å². The number of rotatable bonds is 3. The van der Waals surface area contributed by atoms with Crippen LogP contribution in [0.15, 0.2) is 48.5 Å². The first-order valence-electron chi connectivity index (χ1n) is 6.47. The van der Waals surface area contributed by atoms with Gasteiger partial charge in [0, 0.05) is 16.8 Å². The van der Waals surface area contributed by atoms with Crippen LogP contribution in [0.3, 0.4) is 0 Å². The molecule has 0 spiro atoms. The Hall–Kier alpha value is -2.77. The van der Waals surface area contributed by atoms with Crippen molar-refractivity contribution in [3.63, 3.8) is 0 Å². The van der Waals surface area contributed by atoms with Crippen LogP contribution in [0.5, 0.6) is 5.75 Å². The minimum absolute atomic E-state index is 0.184. The van der Waals surface area contributed by atoms with Crippen molar-refractivity contribution in [1.29, 1.82) is 0 Å². The van der Waals surface area contributed by atoms with E-state index in [1.807, 2.05) is 6.07 Å². The molecular formula is C17H16N2O2. The molecular weight excluding hydrogens is 264 g/mol. The number of amides is 1. The van der Waals surface area contributed by atoms with Crippen molar-refractivity contribution < 1.29 is 9.53 Å². The third kappa shape index (κ3) is 4.10.